The average molecular weight is 421 g/mol. The molecular formula is C22H26ClFN2OS. The van der Waals surface area contributed by atoms with E-state index in [-0.39, 0.29) is 17.6 Å². The van der Waals surface area contributed by atoms with Crippen LogP contribution in [0.2, 0.25) is 5.02 Å². The predicted octanol–water partition coefficient (Wildman–Crippen LogP) is 5.64. The summed E-state index contributed by atoms with van der Waals surface area (Å²) < 4.78 is 14.9. The van der Waals surface area contributed by atoms with Gasteiger partial charge in [-0.3, -0.25) is 4.79 Å². The Hall–Kier alpha value is -1.43. The van der Waals surface area contributed by atoms with E-state index in [1.165, 1.54) is 11.3 Å². The summed E-state index contributed by atoms with van der Waals surface area (Å²) in [6, 6.07) is 7.29. The molecule has 0 unspecified atom stereocenters. The number of carbonyl (C=O) groups excluding carboxylic acids is 1. The second-order valence-corrected chi connectivity index (χ2v) is 9.19. The van der Waals surface area contributed by atoms with Crippen LogP contribution >= 0.6 is 22.9 Å². The first kappa shape index (κ1) is 19.9. The van der Waals surface area contributed by atoms with E-state index in [1.54, 1.807) is 12.1 Å². The Morgan fingerprint density at radius 3 is 2.54 bits per heavy atom. The van der Waals surface area contributed by atoms with E-state index in [0.717, 1.165) is 74.4 Å². The lowest BCUT2D eigenvalue weighted by Crippen LogP contribution is -2.32. The van der Waals surface area contributed by atoms with Gasteiger partial charge in [0.2, 0.25) is 0 Å². The molecule has 0 saturated carbocycles. The normalized spacial score (nSPS) is 18.8. The van der Waals surface area contributed by atoms with Gasteiger partial charge < -0.3 is 9.80 Å². The molecule has 2 aliphatic heterocycles. The Labute approximate surface area is 175 Å². The lowest BCUT2D eigenvalue weighted by molar-refractivity contribution is 0.0797. The van der Waals surface area contributed by atoms with Crippen molar-refractivity contribution in [2.24, 2.45) is 0 Å². The molecule has 6 heteroatoms. The van der Waals surface area contributed by atoms with Gasteiger partial charge in [-0.05, 0) is 74.5 Å². The molecule has 150 valence electrons. The maximum absolute atomic E-state index is 14.9. The number of hydrogen-bond donors (Lipinski definition) is 0. The quantitative estimate of drug-likeness (QED) is 0.638. The average Bonchev–Trinajstić information content (AvgIpc) is 3.37. The number of benzene rings is 1. The van der Waals surface area contributed by atoms with Crippen LogP contribution in [0.25, 0.3) is 10.4 Å². The van der Waals surface area contributed by atoms with E-state index < -0.39 is 0 Å². The number of hydrogen-bond acceptors (Lipinski definition) is 3. The van der Waals surface area contributed by atoms with Gasteiger partial charge in [-0.25, -0.2) is 4.39 Å². The van der Waals surface area contributed by atoms with Crippen molar-refractivity contribution >= 4 is 28.8 Å². The summed E-state index contributed by atoms with van der Waals surface area (Å²) in [4.78, 5) is 18.3. The Morgan fingerprint density at radius 2 is 1.89 bits per heavy atom. The molecule has 3 heterocycles. The first-order chi connectivity index (χ1) is 13.6. The van der Waals surface area contributed by atoms with Crippen LogP contribution in [-0.4, -0.2) is 48.4 Å². The number of rotatable bonds is 4. The van der Waals surface area contributed by atoms with E-state index in [2.05, 4.69) is 11.8 Å². The van der Waals surface area contributed by atoms with Crippen LogP contribution in [0.5, 0.6) is 0 Å². The summed E-state index contributed by atoms with van der Waals surface area (Å²) >= 11 is 7.72. The zero-order chi connectivity index (χ0) is 19.7. The molecule has 2 saturated heterocycles. The Morgan fingerprint density at radius 1 is 1.18 bits per heavy atom. The molecule has 2 fully saturated rings. The van der Waals surface area contributed by atoms with Crippen molar-refractivity contribution < 1.29 is 9.18 Å². The number of nitrogens with zero attached hydrogens (tertiary/aromatic N) is 2. The summed E-state index contributed by atoms with van der Waals surface area (Å²) in [6.45, 7) is 6.89. The van der Waals surface area contributed by atoms with Gasteiger partial charge in [-0.15, -0.1) is 11.3 Å². The molecule has 0 spiro atoms. The minimum Gasteiger partial charge on any atom is -0.338 e. The summed E-state index contributed by atoms with van der Waals surface area (Å²) in [5, 5.41) is 0.466. The lowest BCUT2D eigenvalue weighted by atomic mass is 9.88. The number of likely N-dealkylation sites (tertiary alicyclic amines) is 2. The molecule has 0 bridgehead atoms. The largest absolute Gasteiger partial charge is 0.338 e. The Kier molecular flexibility index (Phi) is 6.04. The van der Waals surface area contributed by atoms with Gasteiger partial charge >= 0.3 is 0 Å². The molecule has 1 aromatic heterocycles. The van der Waals surface area contributed by atoms with Gasteiger partial charge in [0.05, 0.1) is 5.02 Å². The number of carbonyl (C=O) groups is 1. The van der Waals surface area contributed by atoms with Crippen molar-refractivity contribution in [2.45, 2.75) is 38.5 Å². The van der Waals surface area contributed by atoms with Crippen LogP contribution in [0.4, 0.5) is 4.39 Å². The molecule has 3 nitrogen and oxygen atoms in total. The molecule has 4 rings (SSSR count). The molecule has 1 aromatic carbocycles. The number of thiophene rings is 1. The smallest absolute Gasteiger partial charge is 0.265 e. The number of halogens is 2. The van der Waals surface area contributed by atoms with Crippen LogP contribution in [-0.2, 0) is 0 Å². The van der Waals surface area contributed by atoms with E-state index >= 15 is 0 Å². The highest BCUT2D eigenvalue weighted by Gasteiger charge is 2.25. The van der Waals surface area contributed by atoms with Gasteiger partial charge in [0.15, 0.2) is 0 Å². The van der Waals surface area contributed by atoms with E-state index in [9.17, 15) is 9.18 Å². The third-order valence-electron chi connectivity index (χ3n) is 6.03. The molecule has 0 N–H and O–H groups in total. The highest BCUT2D eigenvalue weighted by atomic mass is 35.5. The molecule has 2 aliphatic rings. The second-order valence-electron chi connectivity index (χ2n) is 7.73. The summed E-state index contributed by atoms with van der Waals surface area (Å²) in [5.74, 6) is 0.138. The standard InChI is InChI=1S/C22H26ClFN2OS/c1-2-25-11-7-15(8-12-25)17-6-5-16(13-19(17)24)20-14-18(23)21(28-20)22(27)26-9-3-4-10-26/h5-6,13-15H,2-4,7-12H2,1H3. The predicted molar refractivity (Wildman–Crippen MR) is 114 cm³/mol. The Balaban J connectivity index is 1.53. The van der Waals surface area contributed by atoms with Crippen molar-refractivity contribution in [3.05, 3.63) is 45.5 Å². The minimum atomic E-state index is -0.149. The number of piperidine rings is 1. The van der Waals surface area contributed by atoms with Gasteiger partial charge in [0.25, 0.3) is 5.91 Å². The summed E-state index contributed by atoms with van der Waals surface area (Å²) in [6.07, 6.45) is 4.10. The topological polar surface area (TPSA) is 23.6 Å². The molecule has 1 amide bonds. The minimum absolute atomic E-state index is 0.00136. The zero-order valence-corrected chi connectivity index (χ0v) is 17.8. The van der Waals surface area contributed by atoms with Crippen molar-refractivity contribution in [2.75, 3.05) is 32.7 Å². The number of amides is 1. The van der Waals surface area contributed by atoms with Crippen LogP contribution in [0.1, 0.15) is 53.8 Å². The zero-order valence-electron chi connectivity index (χ0n) is 16.2. The van der Waals surface area contributed by atoms with E-state index in [1.807, 2.05) is 17.0 Å². The van der Waals surface area contributed by atoms with E-state index in [4.69, 9.17) is 11.6 Å². The van der Waals surface area contributed by atoms with Crippen LogP contribution < -0.4 is 0 Å². The second kappa shape index (κ2) is 8.52. The van der Waals surface area contributed by atoms with Crippen molar-refractivity contribution in [3.63, 3.8) is 0 Å². The lowest BCUT2D eigenvalue weighted by Gasteiger charge is -2.31. The van der Waals surface area contributed by atoms with Crippen molar-refractivity contribution in [3.8, 4) is 10.4 Å². The first-order valence-electron chi connectivity index (χ1n) is 10.2. The van der Waals surface area contributed by atoms with Gasteiger partial charge in [-0.2, -0.15) is 0 Å². The molecule has 0 radical (unpaired) electrons. The fourth-order valence-corrected chi connectivity index (χ4v) is 5.68. The van der Waals surface area contributed by atoms with Gasteiger partial charge in [0.1, 0.15) is 10.7 Å². The highest BCUT2D eigenvalue weighted by molar-refractivity contribution is 7.18. The van der Waals surface area contributed by atoms with Crippen LogP contribution in [0.15, 0.2) is 24.3 Å². The third kappa shape index (κ3) is 3.98. The monoisotopic (exact) mass is 420 g/mol. The Bertz CT molecular complexity index is 854. The maximum Gasteiger partial charge on any atom is 0.265 e. The van der Waals surface area contributed by atoms with E-state index in [0.29, 0.717) is 9.90 Å². The first-order valence-corrected chi connectivity index (χ1v) is 11.4. The van der Waals surface area contributed by atoms with Crippen molar-refractivity contribution in [1.82, 2.24) is 9.80 Å². The van der Waals surface area contributed by atoms with Gasteiger partial charge in [0, 0.05) is 18.0 Å². The maximum atomic E-state index is 14.9. The summed E-state index contributed by atoms with van der Waals surface area (Å²) in [7, 11) is 0. The molecule has 2 aromatic rings. The van der Waals surface area contributed by atoms with Gasteiger partial charge in [-0.1, -0.05) is 30.7 Å². The molecule has 0 aliphatic carbocycles. The SMILES string of the molecule is CCN1CCC(c2ccc(-c3cc(Cl)c(C(=O)N4CCCC4)s3)cc2F)CC1. The summed E-state index contributed by atoms with van der Waals surface area (Å²) in [5.41, 5.74) is 1.61. The third-order valence-corrected chi connectivity index (χ3v) is 7.62. The molecular weight excluding hydrogens is 395 g/mol. The molecule has 28 heavy (non-hydrogen) atoms. The van der Waals surface area contributed by atoms with Crippen molar-refractivity contribution in [1.29, 1.82) is 0 Å². The van der Waals surface area contributed by atoms with Crippen LogP contribution in [0.3, 0.4) is 0 Å². The fourth-order valence-electron chi connectivity index (χ4n) is 4.29. The van der Waals surface area contributed by atoms with Crippen LogP contribution in [0, 0.1) is 5.82 Å². The fraction of sp³-hybridized carbons (Fsp3) is 0.500. The highest BCUT2D eigenvalue weighted by Crippen LogP contribution is 2.38. The molecule has 0 atom stereocenters.